The normalized spacial score (nSPS) is 12.2. The quantitative estimate of drug-likeness (QED) is 0.411. The molecule has 0 spiro atoms. The summed E-state index contributed by atoms with van der Waals surface area (Å²) in [4.78, 5) is 27.5. The van der Waals surface area contributed by atoms with Gasteiger partial charge in [-0.15, -0.1) is 0 Å². The molecule has 0 heterocycles. The number of halogens is 3. The molecule has 0 radical (unpaired) electrons. The predicted octanol–water partition coefficient (Wildman–Crippen LogP) is 4.75. The van der Waals surface area contributed by atoms with Gasteiger partial charge in [-0.05, 0) is 49.2 Å². The van der Waals surface area contributed by atoms with Gasteiger partial charge in [-0.1, -0.05) is 60.3 Å². The highest BCUT2D eigenvalue weighted by Gasteiger charge is 2.30. The molecule has 0 aliphatic heterocycles. The summed E-state index contributed by atoms with van der Waals surface area (Å²) in [7, 11) is -3.88. The Labute approximate surface area is 216 Å². The van der Waals surface area contributed by atoms with Crippen molar-refractivity contribution in [3.05, 3.63) is 63.1 Å². The Balaban J connectivity index is 2.38. The van der Waals surface area contributed by atoms with Crippen LogP contribution in [0.15, 0.2) is 42.5 Å². The van der Waals surface area contributed by atoms with Crippen molar-refractivity contribution in [3.8, 4) is 0 Å². The first-order valence-electron chi connectivity index (χ1n) is 10.7. The van der Waals surface area contributed by atoms with Crippen molar-refractivity contribution in [2.45, 2.75) is 39.3 Å². The van der Waals surface area contributed by atoms with Gasteiger partial charge in [-0.25, -0.2) is 8.42 Å². The van der Waals surface area contributed by atoms with Gasteiger partial charge in [0, 0.05) is 28.2 Å². The zero-order chi connectivity index (χ0) is 25.5. The second kappa shape index (κ2) is 12.6. The van der Waals surface area contributed by atoms with Crippen LogP contribution < -0.4 is 9.62 Å². The van der Waals surface area contributed by atoms with Crippen LogP contribution in [-0.4, -0.2) is 50.5 Å². The molecule has 0 aromatic heterocycles. The van der Waals surface area contributed by atoms with E-state index in [1.54, 1.807) is 31.2 Å². The smallest absolute Gasteiger partial charge is 0.244 e. The molecule has 186 valence electrons. The Morgan fingerprint density at radius 1 is 1.03 bits per heavy atom. The molecule has 0 unspecified atom stereocenters. The molecule has 0 aliphatic carbocycles. The molecule has 0 saturated carbocycles. The van der Waals surface area contributed by atoms with Crippen molar-refractivity contribution in [2.75, 3.05) is 23.7 Å². The fourth-order valence-corrected chi connectivity index (χ4v) is 4.81. The molecule has 2 amide bonds. The Hall–Kier alpha value is -2.00. The lowest BCUT2D eigenvalue weighted by atomic mass is 10.1. The third-order valence-electron chi connectivity index (χ3n) is 5.05. The zero-order valence-corrected chi connectivity index (χ0v) is 22.3. The number of benzene rings is 2. The van der Waals surface area contributed by atoms with Crippen molar-refractivity contribution < 1.29 is 18.0 Å². The number of nitrogens with zero attached hydrogens (tertiary/aromatic N) is 2. The Morgan fingerprint density at radius 2 is 1.68 bits per heavy atom. The van der Waals surface area contributed by atoms with E-state index >= 15 is 0 Å². The van der Waals surface area contributed by atoms with E-state index in [1.807, 2.05) is 6.92 Å². The SMILES string of the molecule is CCCCNC(=O)[C@H](C)N(Cc1cccc(Cl)c1)C(=O)CN(c1cc(Cl)cc(Cl)c1)S(C)(=O)=O. The average Bonchev–Trinajstić information content (AvgIpc) is 2.73. The van der Waals surface area contributed by atoms with E-state index in [0.29, 0.717) is 17.1 Å². The molecule has 34 heavy (non-hydrogen) atoms. The third kappa shape index (κ3) is 8.34. The van der Waals surface area contributed by atoms with Gasteiger partial charge >= 0.3 is 0 Å². The van der Waals surface area contributed by atoms with E-state index in [0.717, 1.165) is 23.4 Å². The van der Waals surface area contributed by atoms with Crippen LogP contribution in [0.2, 0.25) is 15.1 Å². The molecule has 0 saturated heterocycles. The van der Waals surface area contributed by atoms with Gasteiger partial charge in [-0.3, -0.25) is 13.9 Å². The highest BCUT2D eigenvalue weighted by Crippen LogP contribution is 2.27. The summed E-state index contributed by atoms with van der Waals surface area (Å²) in [5, 5.41) is 3.75. The minimum Gasteiger partial charge on any atom is -0.354 e. The highest BCUT2D eigenvalue weighted by atomic mass is 35.5. The summed E-state index contributed by atoms with van der Waals surface area (Å²) in [6.07, 6.45) is 2.70. The molecule has 2 aromatic rings. The van der Waals surface area contributed by atoms with E-state index in [-0.39, 0.29) is 28.2 Å². The van der Waals surface area contributed by atoms with Gasteiger partial charge in [0.25, 0.3) is 0 Å². The molecule has 0 fully saturated rings. The van der Waals surface area contributed by atoms with Crippen molar-refractivity contribution in [1.82, 2.24) is 10.2 Å². The fourth-order valence-electron chi connectivity index (χ4n) is 3.25. The first kappa shape index (κ1) is 28.2. The average molecular weight is 549 g/mol. The molecule has 2 rings (SSSR count). The molecule has 1 atom stereocenters. The van der Waals surface area contributed by atoms with Crippen LogP contribution in [0.1, 0.15) is 32.3 Å². The van der Waals surface area contributed by atoms with E-state index in [4.69, 9.17) is 34.8 Å². The molecule has 11 heteroatoms. The van der Waals surface area contributed by atoms with Gasteiger partial charge in [0.2, 0.25) is 21.8 Å². The van der Waals surface area contributed by atoms with Crippen LogP contribution in [0.25, 0.3) is 0 Å². The standard InChI is InChI=1S/C23H28Cl3N3O4S/c1-4-5-9-27-23(31)16(2)28(14-17-7-6-8-18(24)10-17)22(30)15-29(34(3,32)33)21-12-19(25)11-20(26)13-21/h6-8,10-13,16H,4-5,9,14-15H2,1-3H3,(H,27,31)/t16-/m0/s1. The number of sulfonamides is 1. The third-order valence-corrected chi connectivity index (χ3v) is 6.87. The molecule has 0 aliphatic rings. The molecule has 2 aromatic carbocycles. The highest BCUT2D eigenvalue weighted by molar-refractivity contribution is 7.92. The van der Waals surface area contributed by atoms with Crippen molar-refractivity contribution in [1.29, 1.82) is 0 Å². The number of unbranched alkanes of at least 4 members (excludes halogenated alkanes) is 1. The monoisotopic (exact) mass is 547 g/mol. The lowest BCUT2D eigenvalue weighted by Crippen LogP contribution is -2.51. The summed E-state index contributed by atoms with van der Waals surface area (Å²) in [5.41, 5.74) is 0.849. The molecule has 0 bridgehead atoms. The van der Waals surface area contributed by atoms with Gasteiger partial charge in [0.05, 0.1) is 11.9 Å². The van der Waals surface area contributed by atoms with Crippen molar-refractivity contribution in [3.63, 3.8) is 0 Å². The molecular formula is C23H28Cl3N3O4S. The van der Waals surface area contributed by atoms with Crippen LogP contribution in [-0.2, 0) is 26.2 Å². The predicted molar refractivity (Wildman–Crippen MR) is 138 cm³/mol. The van der Waals surface area contributed by atoms with Crippen LogP contribution in [0.5, 0.6) is 0 Å². The summed E-state index contributed by atoms with van der Waals surface area (Å²) in [5.74, 6) is -0.903. The minimum atomic E-state index is -3.88. The van der Waals surface area contributed by atoms with Crippen LogP contribution in [0.3, 0.4) is 0 Å². The summed E-state index contributed by atoms with van der Waals surface area (Å²) < 4.78 is 26.0. The maximum absolute atomic E-state index is 13.4. The molecular weight excluding hydrogens is 521 g/mol. The minimum absolute atomic E-state index is 0.0651. The summed E-state index contributed by atoms with van der Waals surface area (Å²) in [6, 6.07) is 10.3. The number of hydrogen-bond donors (Lipinski definition) is 1. The van der Waals surface area contributed by atoms with Gasteiger partial charge in [0.1, 0.15) is 12.6 Å². The lowest BCUT2D eigenvalue weighted by Gasteiger charge is -2.31. The number of anilines is 1. The number of hydrogen-bond acceptors (Lipinski definition) is 4. The van der Waals surface area contributed by atoms with Crippen LogP contribution in [0, 0.1) is 0 Å². The maximum Gasteiger partial charge on any atom is 0.244 e. The number of carbonyl (C=O) groups is 2. The van der Waals surface area contributed by atoms with Crippen LogP contribution in [0.4, 0.5) is 5.69 Å². The number of carbonyl (C=O) groups excluding carboxylic acids is 2. The Bertz CT molecular complexity index is 1110. The van der Waals surface area contributed by atoms with Crippen molar-refractivity contribution >= 4 is 62.3 Å². The van der Waals surface area contributed by atoms with E-state index in [9.17, 15) is 18.0 Å². The Kier molecular flexibility index (Phi) is 10.5. The first-order valence-corrected chi connectivity index (χ1v) is 13.7. The summed E-state index contributed by atoms with van der Waals surface area (Å²) >= 11 is 18.2. The molecule has 1 N–H and O–H groups in total. The lowest BCUT2D eigenvalue weighted by molar-refractivity contribution is -0.139. The first-order chi connectivity index (χ1) is 15.9. The Morgan fingerprint density at radius 3 is 2.24 bits per heavy atom. The van der Waals surface area contributed by atoms with Gasteiger partial charge < -0.3 is 10.2 Å². The largest absolute Gasteiger partial charge is 0.354 e. The van der Waals surface area contributed by atoms with E-state index < -0.39 is 28.5 Å². The second-order valence-corrected chi connectivity index (χ2v) is 11.1. The van der Waals surface area contributed by atoms with Gasteiger partial charge in [-0.2, -0.15) is 0 Å². The second-order valence-electron chi connectivity index (χ2n) is 7.87. The van der Waals surface area contributed by atoms with Crippen molar-refractivity contribution in [2.24, 2.45) is 0 Å². The number of rotatable bonds is 11. The number of nitrogens with one attached hydrogen (secondary N) is 1. The van der Waals surface area contributed by atoms with E-state index in [2.05, 4.69) is 5.32 Å². The maximum atomic E-state index is 13.4. The summed E-state index contributed by atoms with van der Waals surface area (Å²) in [6.45, 7) is 3.62. The van der Waals surface area contributed by atoms with Gasteiger partial charge in [0.15, 0.2) is 0 Å². The molecule has 7 nitrogen and oxygen atoms in total. The topological polar surface area (TPSA) is 86.8 Å². The fraction of sp³-hybridized carbons (Fsp3) is 0.391. The number of amides is 2. The van der Waals surface area contributed by atoms with E-state index in [1.165, 1.54) is 23.1 Å². The zero-order valence-electron chi connectivity index (χ0n) is 19.2. The van der Waals surface area contributed by atoms with Crippen LogP contribution >= 0.6 is 34.8 Å².